The Morgan fingerprint density at radius 2 is 2.19 bits per heavy atom. The Morgan fingerprint density at radius 1 is 1.48 bits per heavy atom. The molecule has 0 fully saturated rings. The first kappa shape index (κ1) is 16.1. The molecule has 0 aliphatic heterocycles. The molecule has 112 valence electrons. The van der Waals surface area contributed by atoms with Crippen molar-refractivity contribution in [3.63, 3.8) is 0 Å². The first-order valence-electron chi connectivity index (χ1n) is 5.73. The van der Waals surface area contributed by atoms with E-state index in [4.69, 9.17) is 5.11 Å². The van der Waals surface area contributed by atoms with Crippen LogP contribution in [0.15, 0.2) is 33.1 Å². The number of carboxylic acid groups (broad SMARTS) is 1. The molecular formula is C12H11BrN2O4S2. The number of rotatable bonds is 5. The molecule has 0 aliphatic rings. The standard InChI is InChI=1S/C12H11BrN2O4S2/c1-7-10(20-6-14-7)5-15-21(18,19)11-3-2-8(12(16)17)4-9(11)13/h2-4,6,15H,5H2,1H3,(H,16,17). The van der Waals surface area contributed by atoms with Gasteiger partial charge in [-0.05, 0) is 41.1 Å². The normalized spacial score (nSPS) is 11.5. The van der Waals surface area contributed by atoms with Gasteiger partial charge in [0.1, 0.15) is 0 Å². The molecule has 1 heterocycles. The number of benzene rings is 1. The molecule has 0 bridgehead atoms. The van der Waals surface area contributed by atoms with Crippen LogP contribution in [0, 0.1) is 6.92 Å². The van der Waals surface area contributed by atoms with Crippen LogP contribution in [0.25, 0.3) is 0 Å². The van der Waals surface area contributed by atoms with Crippen LogP contribution in [-0.2, 0) is 16.6 Å². The molecule has 0 saturated heterocycles. The summed E-state index contributed by atoms with van der Waals surface area (Å²) in [5.74, 6) is -1.12. The minimum atomic E-state index is -3.74. The van der Waals surface area contributed by atoms with Gasteiger partial charge in [-0.15, -0.1) is 11.3 Å². The van der Waals surface area contributed by atoms with E-state index in [9.17, 15) is 13.2 Å². The summed E-state index contributed by atoms with van der Waals surface area (Å²) in [4.78, 5) is 15.7. The molecule has 1 aromatic carbocycles. The molecule has 0 unspecified atom stereocenters. The number of carboxylic acids is 1. The predicted octanol–water partition coefficient (Wildman–Crippen LogP) is 2.39. The van der Waals surface area contributed by atoms with Crippen molar-refractivity contribution in [1.82, 2.24) is 9.71 Å². The molecule has 1 aromatic heterocycles. The van der Waals surface area contributed by atoms with Gasteiger partial charge < -0.3 is 5.11 Å². The number of aromatic carboxylic acids is 1. The summed E-state index contributed by atoms with van der Waals surface area (Å²) in [6.45, 7) is 1.95. The van der Waals surface area contributed by atoms with Crippen molar-refractivity contribution < 1.29 is 18.3 Å². The van der Waals surface area contributed by atoms with Gasteiger partial charge in [0.25, 0.3) is 0 Å². The second kappa shape index (κ2) is 6.22. The van der Waals surface area contributed by atoms with Gasteiger partial charge in [-0.1, -0.05) is 0 Å². The van der Waals surface area contributed by atoms with E-state index in [1.54, 1.807) is 12.4 Å². The summed E-state index contributed by atoms with van der Waals surface area (Å²) < 4.78 is 27.2. The van der Waals surface area contributed by atoms with Crippen LogP contribution in [0.5, 0.6) is 0 Å². The first-order chi connectivity index (χ1) is 9.81. The minimum Gasteiger partial charge on any atom is -0.478 e. The number of carbonyl (C=O) groups is 1. The van der Waals surface area contributed by atoms with E-state index in [-0.39, 0.29) is 21.5 Å². The van der Waals surface area contributed by atoms with E-state index in [1.165, 1.54) is 29.5 Å². The number of hydrogen-bond donors (Lipinski definition) is 2. The van der Waals surface area contributed by atoms with Gasteiger partial charge in [-0.2, -0.15) is 0 Å². The average molecular weight is 391 g/mol. The third-order valence-corrected chi connectivity index (χ3v) is 6.05. The summed E-state index contributed by atoms with van der Waals surface area (Å²) in [7, 11) is -3.74. The van der Waals surface area contributed by atoms with Crippen LogP contribution < -0.4 is 4.72 Å². The van der Waals surface area contributed by atoms with Crippen LogP contribution in [0.2, 0.25) is 0 Å². The van der Waals surface area contributed by atoms with Gasteiger partial charge in [0.15, 0.2) is 0 Å². The number of nitrogens with zero attached hydrogens (tertiary/aromatic N) is 1. The fourth-order valence-electron chi connectivity index (χ4n) is 1.59. The highest BCUT2D eigenvalue weighted by atomic mass is 79.9. The largest absolute Gasteiger partial charge is 0.478 e. The monoisotopic (exact) mass is 390 g/mol. The Labute approximate surface area is 134 Å². The molecule has 6 nitrogen and oxygen atoms in total. The molecule has 21 heavy (non-hydrogen) atoms. The molecule has 0 spiro atoms. The summed E-state index contributed by atoms with van der Waals surface area (Å²) >= 11 is 4.46. The second-order valence-electron chi connectivity index (χ2n) is 4.14. The van der Waals surface area contributed by atoms with E-state index in [0.29, 0.717) is 0 Å². The Kier molecular flexibility index (Phi) is 4.77. The van der Waals surface area contributed by atoms with Crippen molar-refractivity contribution in [2.24, 2.45) is 0 Å². The van der Waals surface area contributed by atoms with Crippen LogP contribution >= 0.6 is 27.3 Å². The van der Waals surface area contributed by atoms with E-state index in [1.807, 2.05) is 0 Å². The Hall–Kier alpha value is -1.29. The van der Waals surface area contributed by atoms with E-state index >= 15 is 0 Å². The third-order valence-electron chi connectivity index (χ3n) is 2.74. The maximum Gasteiger partial charge on any atom is 0.335 e. The number of aromatic nitrogens is 1. The van der Waals surface area contributed by atoms with Gasteiger partial charge in [-0.3, -0.25) is 0 Å². The molecule has 2 N–H and O–H groups in total. The maximum atomic E-state index is 12.2. The van der Waals surface area contributed by atoms with Crippen molar-refractivity contribution in [3.05, 3.63) is 44.3 Å². The van der Waals surface area contributed by atoms with Gasteiger partial charge in [0, 0.05) is 15.9 Å². The first-order valence-corrected chi connectivity index (χ1v) is 8.88. The zero-order valence-corrected chi connectivity index (χ0v) is 14.0. The quantitative estimate of drug-likeness (QED) is 0.816. The van der Waals surface area contributed by atoms with Gasteiger partial charge >= 0.3 is 5.97 Å². The summed E-state index contributed by atoms with van der Waals surface area (Å²) in [6.07, 6.45) is 0. The van der Waals surface area contributed by atoms with Gasteiger partial charge in [0.2, 0.25) is 10.0 Å². The zero-order valence-electron chi connectivity index (χ0n) is 10.8. The van der Waals surface area contributed by atoms with Crippen LogP contribution in [0.3, 0.4) is 0 Å². The maximum absolute atomic E-state index is 12.2. The van der Waals surface area contributed by atoms with Gasteiger partial charge in [0.05, 0.1) is 21.7 Å². The lowest BCUT2D eigenvalue weighted by molar-refractivity contribution is 0.0696. The minimum absolute atomic E-state index is 0.00494. The van der Waals surface area contributed by atoms with Gasteiger partial charge in [-0.25, -0.2) is 22.9 Å². The number of thiazole rings is 1. The van der Waals surface area contributed by atoms with Crippen LogP contribution in [0.1, 0.15) is 20.9 Å². The average Bonchev–Trinajstić information content (AvgIpc) is 2.81. The Balaban J connectivity index is 2.23. The summed E-state index contributed by atoms with van der Waals surface area (Å²) in [6, 6.07) is 3.77. The lowest BCUT2D eigenvalue weighted by atomic mass is 10.2. The SMILES string of the molecule is Cc1ncsc1CNS(=O)(=O)c1ccc(C(=O)O)cc1Br. The van der Waals surface area contributed by atoms with Crippen molar-refractivity contribution >= 4 is 43.3 Å². The molecule has 9 heteroatoms. The van der Waals surface area contributed by atoms with Crippen molar-refractivity contribution in [2.45, 2.75) is 18.4 Å². The Morgan fingerprint density at radius 3 is 2.71 bits per heavy atom. The molecule has 0 amide bonds. The molecule has 0 atom stereocenters. The highest BCUT2D eigenvalue weighted by Gasteiger charge is 2.19. The fourth-order valence-corrected chi connectivity index (χ4v) is 4.46. The van der Waals surface area contributed by atoms with E-state index in [2.05, 4.69) is 25.6 Å². The number of nitrogens with one attached hydrogen (secondary N) is 1. The van der Waals surface area contributed by atoms with Crippen LogP contribution in [0.4, 0.5) is 0 Å². The van der Waals surface area contributed by atoms with E-state index < -0.39 is 16.0 Å². The highest BCUT2D eigenvalue weighted by molar-refractivity contribution is 9.10. The number of hydrogen-bond acceptors (Lipinski definition) is 5. The summed E-state index contributed by atoms with van der Waals surface area (Å²) in [5, 5.41) is 8.87. The molecule has 0 aliphatic carbocycles. The zero-order chi connectivity index (χ0) is 15.6. The fraction of sp³-hybridized carbons (Fsp3) is 0.167. The van der Waals surface area contributed by atoms with Crippen molar-refractivity contribution in [2.75, 3.05) is 0 Å². The van der Waals surface area contributed by atoms with Crippen LogP contribution in [-0.4, -0.2) is 24.5 Å². The topological polar surface area (TPSA) is 96.4 Å². The highest BCUT2D eigenvalue weighted by Crippen LogP contribution is 2.24. The predicted molar refractivity (Wildman–Crippen MR) is 82.0 cm³/mol. The summed E-state index contributed by atoms with van der Waals surface area (Å²) in [5.41, 5.74) is 2.44. The third kappa shape index (κ3) is 3.67. The second-order valence-corrected chi connectivity index (χ2v) is 7.66. The molecule has 2 aromatic rings. The Bertz CT molecular complexity index is 786. The lowest BCUT2D eigenvalue weighted by Crippen LogP contribution is -2.23. The molecule has 0 saturated carbocycles. The molecule has 2 rings (SSSR count). The van der Waals surface area contributed by atoms with Crippen molar-refractivity contribution in [3.8, 4) is 0 Å². The number of halogens is 1. The molecule has 0 radical (unpaired) electrons. The lowest BCUT2D eigenvalue weighted by Gasteiger charge is -2.08. The number of aryl methyl sites for hydroxylation is 1. The molecular weight excluding hydrogens is 380 g/mol. The number of sulfonamides is 1. The van der Waals surface area contributed by atoms with Crippen molar-refractivity contribution in [1.29, 1.82) is 0 Å². The van der Waals surface area contributed by atoms with E-state index in [0.717, 1.165) is 10.6 Å². The smallest absolute Gasteiger partial charge is 0.335 e.